The molecule has 0 radical (unpaired) electrons. The van der Waals surface area contributed by atoms with Crippen LogP contribution in [0.4, 0.5) is 5.82 Å². The van der Waals surface area contributed by atoms with Gasteiger partial charge in [-0.3, -0.25) is 4.79 Å². The third-order valence-electron chi connectivity index (χ3n) is 3.25. The number of ketones is 1. The van der Waals surface area contributed by atoms with Crippen LogP contribution in [0.1, 0.15) is 36.0 Å². The quantitative estimate of drug-likeness (QED) is 0.736. The Morgan fingerprint density at radius 2 is 2.00 bits per heavy atom. The number of aromatic nitrogens is 1. The zero-order chi connectivity index (χ0) is 11.5. The number of carbonyl (C=O) groups is 1. The Morgan fingerprint density at radius 3 is 2.62 bits per heavy atom. The van der Waals surface area contributed by atoms with E-state index in [2.05, 4.69) is 4.98 Å². The molecule has 0 atom stereocenters. The fourth-order valence-electron chi connectivity index (χ4n) is 2.23. The van der Waals surface area contributed by atoms with Gasteiger partial charge in [-0.05, 0) is 37.8 Å². The van der Waals surface area contributed by atoms with Crippen molar-refractivity contribution in [3.05, 3.63) is 23.9 Å². The van der Waals surface area contributed by atoms with Crippen molar-refractivity contribution >= 4 is 11.6 Å². The van der Waals surface area contributed by atoms with Gasteiger partial charge in [-0.2, -0.15) is 0 Å². The van der Waals surface area contributed by atoms with E-state index in [1.807, 2.05) is 0 Å². The Balaban J connectivity index is 2.11. The monoisotopic (exact) mass is 219 g/mol. The molecule has 1 aromatic rings. The van der Waals surface area contributed by atoms with Gasteiger partial charge in [0.05, 0.1) is 5.56 Å². The largest absolute Gasteiger partial charge is 0.383 e. The molecule has 0 saturated heterocycles. The van der Waals surface area contributed by atoms with Gasteiger partial charge in [0.1, 0.15) is 5.82 Å². The molecule has 1 aliphatic rings. The second kappa shape index (κ2) is 4.61. The van der Waals surface area contributed by atoms with Crippen molar-refractivity contribution in [2.75, 3.05) is 5.73 Å². The van der Waals surface area contributed by atoms with Gasteiger partial charge >= 0.3 is 0 Å². The number of nitrogen functional groups attached to an aromatic ring is 1. The molecule has 1 fully saturated rings. The van der Waals surface area contributed by atoms with Gasteiger partial charge in [0, 0.05) is 18.2 Å². The summed E-state index contributed by atoms with van der Waals surface area (Å²) in [5.41, 5.74) is 12.1. The van der Waals surface area contributed by atoms with Gasteiger partial charge in [0.2, 0.25) is 0 Å². The van der Waals surface area contributed by atoms with E-state index >= 15 is 0 Å². The second-order valence-corrected chi connectivity index (χ2v) is 4.41. The van der Waals surface area contributed by atoms with Crippen LogP contribution in [0.25, 0.3) is 0 Å². The van der Waals surface area contributed by atoms with Gasteiger partial charge in [-0.25, -0.2) is 4.98 Å². The number of hydrogen-bond acceptors (Lipinski definition) is 4. The highest BCUT2D eigenvalue weighted by atomic mass is 16.1. The molecule has 0 bridgehead atoms. The summed E-state index contributed by atoms with van der Waals surface area (Å²) in [6.45, 7) is 0. The van der Waals surface area contributed by atoms with Crippen LogP contribution < -0.4 is 11.5 Å². The Kier molecular flexibility index (Phi) is 3.19. The molecule has 0 aliphatic heterocycles. The zero-order valence-corrected chi connectivity index (χ0v) is 9.23. The molecule has 1 saturated carbocycles. The van der Waals surface area contributed by atoms with E-state index in [9.17, 15) is 4.79 Å². The van der Waals surface area contributed by atoms with Crippen molar-refractivity contribution in [1.29, 1.82) is 0 Å². The predicted octanol–water partition coefficient (Wildman–Crippen LogP) is 1.36. The van der Waals surface area contributed by atoms with Crippen molar-refractivity contribution in [2.24, 2.45) is 11.7 Å². The molecule has 4 N–H and O–H groups in total. The molecule has 4 heteroatoms. The molecule has 0 spiro atoms. The molecule has 0 aromatic carbocycles. The van der Waals surface area contributed by atoms with Crippen molar-refractivity contribution < 1.29 is 4.79 Å². The van der Waals surface area contributed by atoms with Gasteiger partial charge < -0.3 is 11.5 Å². The molecule has 4 nitrogen and oxygen atoms in total. The summed E-state index contributed by atoms with van der Waals surface area (Å²) in [4.78, 5) is 16.1. The first kappa shape index (κ1) is 11.1. The predicted molar refractivity (Wildman–Crippen MR) is 62.9 cm³/mol. The smallest absolute Gasteiger partial charge is 0.169 e. The van der Waals surface area contributed by atoms with E-state index < -0.39 is 0 Å². The Morgan fingerprint density at radius 1 is 1.31 bits per heavy atom. The molecule has 16 heavy (non-hydrogen) atoms. The topological polar surface area (TPSA) is 82.0 Å². The summed E-state index contributed by atoms with van der Waals surface area (Å²) in [5.74, 6) is 0.533. The first-order valence-corrected chi connectivity index (χ1v) is 5.68. The normalized spacial score (nSPS) is 25.3. The number of rotatable bonds is 2. The summed E-state index contributed by atoms with van der Waals surface area (Å²) in [7, 11) is 0. The summed E-state index contributed by atoms with van der Waals surface area (Å²) in [6.07, 6.45) is 5.19. The lowest BCUT2D eigenvalue weighted by Gasteiger charge is -2.25. The van der Waals surface area contributed by atoms with Gasteiger partial charge in [-0.15, -0.1) is 0 Å². The van der Waals surface area contributed by atoms with Crippen LogP contribution in [0, 0.1) is 5.92 Å². The van der Waals surface area contributed by atoms with E-state index in [1.165, 1.54) is 0 Å². The van der Waals surface area contributed by atoms with E-state index in [-0.39, 0.29) is 17.7 Å². The van der Waals surface area contributed by atoms with Gasteiger partial charge in [0.25, 0.3) is 0 Å². The zero-order valence-electron chi connectivity index (χ0n) is 9.23. The molecule has 0 amide bonds. The lowest BCUT2D eigenvalue weighted by molar-refractivity contribution is 0.0885. The maximum absolute atomic E-state index is 12.2. The minimum atomic E-state index is 0.0753. The molecule has 2 rings (SSSR count). The summed E-state index contributed by atoms with van der Waals surface area (Å²) >= 11 is 0. The standard InChI is InChI=1S/C12H17N3O/c13-9-5-3-8(4-6-9)11(16)10-2-1-7-15-12(10)14/h1-2,7-9H,3-6,13H2,(H2,14,15). The van der Waals surface area contributed by atoms with Gasteiger partial charge in [-0.1, -0.05) is 0 Å². The molecular formula is C12H17N3O. The van der Waals surface area contributed by atoms with Crippen LogP contribution in [0.15, 0.2) is 18.3 Å². The lowest BCUT2D eigenvalue weighted by atomic mass is 9.82. The molecule has 1 aromatic heterocycles. The average Bonchev–Trinajstić information content (AvgIpc) is 2.30. The lowest BCUT2D eigenvalue weighted by Crippen LogP contribution is -2.30. The van der Waals surface area contributed by atoms with Crippen LogP contribution in [-0.4, -0.2) is 16.8 Å². The first-order chi connectivity index (χ1) is 7.68. The highest BCUT2D eigenvalue weighted by Gasteiger charge is 2.26. The molecule has 86 valence electrons. The molecule has 0 unspecified atom stereocenters. The molecule has 1 aliphatic carbocycles. The average molecular weight is 219 g/mol. The first-order valence-electron chi connectivity index (χ1n) is 5.68. The minimum absolute atomic E-state index is 0.0753. The van der Waals surface area contributed by atoms with E-state index in [0.717, 1.165) is 25.7 Å². The minimum Gasteiger partial charge on any atom is -0.383 e. The van der Waals surface area contributed by atoms with E-state index in [1.54, 1.807) is 18.3 Å². The number of nitrogens with two attached hydrogens (primary N) is 2. The maximum Gasteiger partial charge on any atom is 0.169 e. The van der Waals surface area contributed by atoms with Crippen LogP contribution in [0.5, 0.6) is 0 Å². The van der Waals surface area contributed by atoms with Crippen LogP contribution >= 0.6 is 0 Å². The molecule has 1 heterocycles. The van der Waals surface area contributed by atoms with Crippen LogP contribution in [-0.2, 0) is 0 Å². The number of anilines is 1. The number of pyridine rings is 1. The number of nitrogens with zero attached hydrogens (tertiary/aromatic N) is 1. The van der Waals surface area contributed by atoms with E-state index in [4.69, 9.17) is 11.5 Å². The fourth-order valence-corrected chi connectivity index (χ4v) is 2.23. The summed E-state index contributed by atoms with van der Waals surface area (Å²) in [6, 6.07) is 3.76. The van der Waals surface area contributed by atoms with Crippen molar-refractivity contribution in [1.82, 2.24) is 4.98 Å². The highest BCUT2D eigenvalue weighted by molar-refractivity contribution is 6.01. The second-order valence-electron chi connectivity index (χ2n) is 4.41. The Labute approximate surface area is 95.0 Å². The van der Waals surface area contributed by atoms with E-state index in [0.29, 0.717) is 11.4 Å². The Bertz CT molecular complexity index is 384. The SMILES string of the molecule is Nc1ncccc1C(=O)C1CCC(N)CC1. The number of Topliss-reactive ketones (excluding diaryl/α,β-unsaturated/α-hetero) is 1. The number of carbonyl (C=O) groups excluding carboxylic acids is 1. The van der Waals surface area contributed by atoms with Gasteiger partial charge in [0.15, 0.2) is 5.78 Å². The summed E-state index contributed by atoms with van der Waals surface area (Å²) in [5, 5.41) is 0. The summed E-state index contributed by atoms with van der Waals surface area (Å²) < 4.78 is 0. The van der Waals surface area contributed by atoms with Crippen LogP contribution in [0.3, 0.4) is 0 Å². The third kappa shape index (κ3) is 2.22. The Hall–Kier alpha value is -1.42. The van der Waals surface area contributed by atoms with Crippen molar-refractivity contribution in [3.8, 4) is 0 Å². The number of hydrogen-bond donors (Lipinski definition) is 2. The fraction of sp³-hybridized carbons (Fsp3) is 0.500. The molecular weight excluding hydrogens is 202 g/mol. The van der Waals surface area contributed by atoms with Crippen LogP contribution in [0.2, 0.25) is 0 Å². The highest BCUT2D eigenvalue weighted by Crippen LogP contribution is 2.27. The third-order valence-corrected chi connectivity index (χ3v) is 3.25. The van der Waals surface area contributed by atoms with Crippen molar-refractivity contribution in [3.63, 3.8) is 0 Å². The van der Waals surface area contributed by atoms with Crippen molar-refractivity contribution in [2.45, 2.75) is 31.7 Å². The maximum atomic E-state index is 12.2.